The van der Waals surface area contributed by atoms with E-state index in [0.717, 1.165) is 47.9 Å². The van der Waals surface area contributed by atoms with Crippen LogP contribution in [0.4, 0.5) is 15.9 Å². The van der Waals surface area contributed by atoms with Crippen molar-refractivity contribution in [3.8, 4) is 16.2 Å². The monoisotopic (exact) mass is 502 g/mol. The van der Waals surface area contributed by atoms with Crippen molar-refractivity contribution in [2.75, 3.05) is 50.6 Å². The molecular weight excluding hydrogens is 475 g/mol. The molecule has 1 fully saturated rings. The number of hydrogen-bond acceptors (Lipinski definition) is 6. The van der Waals surface area contributed by atoms with Crippen molar-refractivity contribution in [1.82, 2.24) is 9.88 Å². The number of halogens is 2. The Morgan fingerprint density at radius 1 is 1.18 bits per heavy atom. The maximum atomic E-state index is 14.6. The van der Waals surface area contributed by atoms with E-state index in [4.69, 9.17) is 4.74 Å². The van der Waals surface area contributed by atoms with Gasteiger partial charge in [0, 0.05) is 42.2 Å². The van der Waals surface area contributed by atoms with E-state index < -0.39 is 0 Å². The highest BCUT2D eigenvalue weighted by Gasteiger charge is 2.30. The summed E-state index contributed by atoms with van der Waals surface area (Å²) >= 11 is 1.34. The van der Waals surface area contributed by atoms with Crippen LogP contribution in [0.25, 0.3) is 10.4 Å². The highest BCUT2D eigenvalue weighted by molar-refractivity contribution is 7.17. The summed E-state index contributed by atoms with van der Waals surface area (Å²) in [5.74, 6) is 1.02. The number of carbonyl (C=O) groups excluding carboxylic acids is 1. The molecule has 0 aliphatic carbocycles. The lowest BCUT2D eigenvalue weighted by Crippen LogP contribution is -2.36. The van der Waals surface area contributed by atoms with Gasteiger partial charge in [0.15, 0.2) is 0 Å². The molecule has 0 spiro atoms. The van der Waals surface area contributed by atoms with E-state index in [-0.39, 0.29) is 24.1 Å². The van der Waals surface area contributed by atoms with Crippen LogP contribution in [0, 0.1) is 5.82 Å². The van der Waals surface area contributed by atoms with Gasteiger partial charge in [0.1, 0.15) is 17.4 Å². The van der Waals surface area contributed by atoms with Crippen LogP contribution in [0.1, 0.15) is 21.7 Å². The van der Waals surface area contributed by atoms with Gasteiger partial charge in [-0.25, -0.2) is 9.37 Å². The van der Waals surface area contributed by atoms with Crippen LogP contribution in [0.15, 0.2) is 42.6 Å². The predicted molar refractivity (Wildman–Crippen MR) is 137 cm³/mol. The van der Waals surface area contributed by atoms with Gasteiger partial charge in [-0.2, -0.15) is 0 Å². The summed E-state index contributed by atoms with van der Waals surface area (Å²) in [6, 6.07) is 11.3. The molecule has 1 amide bonds. The molecule has 1 saturated heterocycles. The molecule has 4 heterocycles. The van der Waals surface area contributed by atoms with Crippen molar-refractivity contribution in [2.45, 2.75) is 18.9 Å². The number of anilines is 2. The minimum atomic E-state index is -0.351. The number of carbonyl (C=O) groups is 1. The second-order valence-corrected chi connectivity index (χ2v) is 9.80. The molecule has 9 heteroatoms. The number of aromatic nitrogens is 1. The fraction of sp³-hybridized carbons (Fsp3) is 0.360. The normalized spacial score (nSPS) is 17.7. The average Bonchev–Trinajstić information content (AvgIpc) is 3.48. The number of fused-ring (bicyclic) bond motifs is 1. The van der Waals surface area contributed by atoms with Gasteiger partial charge < -0.3 is 19.4 Å². The Hall–Kier alpha value is -2.68. The summed E-state index contributed by atoms with van der Waals surface area (Å²) in [4.78, 5) is 25.7. The predicted octanol–water partition coefficient (Wildman–Crippen LogP) is 4.72. The van der Waals surface area contributed by atoms with Crippen LogP contribution >= 0.6 is 23.7 Å². The zero-order valence-corrected chi connectivity index (χ0v) is 21.1. The van der Waals surface area contributed by atoms with Crippen molar-refractivity contribution in [3.05, 3.63) is 58.9 Å². The van der Waals surface area contributed by atoms with E-state index in [0.29, 0.717) is 28.8 Å². The minimum Gasteiger partial charge on any atom is -0.497 e. The quantitative estimate of drug-likeness (QED) is 0.505. The van der Waals surface area contributed by atoms with Gasteiger partial charge in [0.05, 0.1) is 23.9 Å². The molecule has 1 aromatic carbocycles. The SMILES string of the molecule is COc1ccc(-c2cc3c(s2)C(=O)N(c2ccc(N4CCC(N(C)C)C4)nc2)CC3)c(F)c1.Cl. The van der Waals surface area contributed by atoms with Gasteiger partial charge in [-0.15, -0.1) is 23.7 Å². The van der Waals surface area contributed by atoms with Crippen LogP contribution in [-0.4, -0.2) is 62.7 Å². The van der Waals surface area contributed by atoms with Gasteiger partial charge in [0.2, 0.25) is 0 Å². The summed E-state index contributed by atoms with van der Waals surface area (Å²) in [7, 11) is 5.73. The van der Waals surface area contributed by atoms with E-state index >= 15 is 0 Å². The Balaban J connectivity index is 0.00000274. The first-order valence-electron chi connectivity index (χ1n) is 11.1. The van der Waals surface area contributed by atoms with Crippen molar-refractivity contribution in [2.24, 2.45) is 0 Å². The minimum absolute atomic E-state index is 0. The molecule has 5 rings (SSSR count). The smallest absolute Gasteiger partial charge is 0.268 e. The molecule has 0 saturated carbocycles. The molecule has 0 N–H and O–H groups in total. The number of amides is 1. The van der Waals surface area contributed by atoms with Crippen molar-refractivity contribution >= 4 is 41.2 Å². The number of benzene rings is 1. The lowest BCUT2D eigenvalue weighted by Gasteiger charge is -2.27. The highest BCUT2D eigenvalue weighted by Crippen LogP contribution is 2.38. The summed E-state index contributed by atoms with van der Waals surface area (Å²) in [5.41, 5.74) is 2.26. The summed E-state index contributed by atoms with van der Waals surface area (Å²) in [6.07, 6.45) is 3.64. The zero-order chi connectivity index (χ0) is 23.1. The number of hydrogen-bond donors (Lipinski definition) is 0. The number of thiophene rings is 1. The van der Waals surface area contributed by atoms with Crippen LogP contribution < -0.4 is 14.5 Å². The standard InChI is InChI=1S/C25H27FN4O2S.ClH/c1-28(2)18-9-10-29(15-18)23-7-4-17(14-27-23)30-11-8-16-12-22(33-24(16)25(30)31)20-6-5-19(32-3)13-21(20)26;/h4-7,12-14,18H,8-11,15H2,1-3H3;1H. The van der Waals surface area contributed by atoms with Crippen molar-refractivity contribution < 1.29 is 13.9 Å². The van der Waals surface area contributed by atoms with E-state index in [1.807, 2.05) is 18.2 Å². The first-order valence-corrected chi connectivity index (χ1v) is 11.9. The third-order valence-corrected chi connectivity index (χ3v) is 7.76. The molecule has 180 valence electrons. The van der Waals surface area contributed by atoms with E-state index in [1.54, 1.807) is 23.2 Å². The Labute approximate surface area is 209 Å². The zero-order valence-electron chi connectivity index (χ0n) is 19.5. The molecule has 2 aromatic heterocycles. The fourth-order valence-corrected chi connectivity index (χ4v) is 5.74. The Kier molecular flexibility index (Phi) is 7.12. The topological polar surface area (TPSA) is 48.9 Å². The second-order valence-electron chi connectivity index (χ2n) is 8.74. The van der Waals surface area contributed by atoms with Crippen LogP contribution in [0.3, 0.4) is 0 Å². The maximum absolute atomic E-state index is 14.6. The lowest BCUT2D eigenvalue weighted by molar-refractivity contribution is 0.0985. The molecular formula is C25H28ClFN4O2S. The number of pyridine rings is 1. The van der Waals surface area contributed by atoms with E-state index in [9.17, 15) is 9.18 Å². The fourth-order valence-electron chi connectivity index (χ4n) is 4.55. The van der Waals surface area contributed by atoms with E-state index in [1.165, 1.54) is 24.5 Å². The number of rotatable bonds is 5. The summed E-state index contributed by atoms with van der Waals surface area (Å²) in [5, 5.41) is 0. The van der Waals surface area contributed by atoms with Crippen molar-refractivity contribution in [3.63, 3.8) is 0 Å². The first kappa shape index (κ1) is 24.4. The van der Waals surface area contributed by atoms with Crippen LogP contribution in [-0.2, 0) is 6.42 Å². The Bertz CT molecular complexity index is 1180. The summed E-state index contributed by atoms with van der Waals surface area (Å²) in [6.45, 7) is 2.53. The molecule has 2 aliphatic rings. The molecule has 1 unspecified atom stereocenters. The molecule has 2 aliphatic heterocycles. The van der Waals surface area contributed by atoms with Gasteiger partial charge in [-0.05, 0) is 62.8 Å². The van der Waals surface area contributed by atoms with Crippen LogP contribution in [0.5, 0.6) is 5.75 Å². The largest absolute Gasteiger partial charge is 0.497 e. The average molecular weight is 503 g/mol. The van der Waals surface area contributed by atoms with Gasteiger partial charge >= 0.3 is 0 Å². The van der Waals surface area contributed by atoms with Gasteiger partial charge in [-0.1, -0.05) is 0 Å². The first-order chi connectivity index (χ1) is 15.9. The third kappa shape index (κ3) is 4.50. The van der Waals surface area contributed by atoms with Crippen LogP contribution in [0.2, 0.25) is 0 Å². The summed E-state index contributed by atoms with van der Waals surface area (Å²) < 4.78 is 19.7. The molecule has 3 aromatic rings. The maximum Gasteiger partial charge on any atom is 0.268 e. The Morgan fingerprint density at radius 2 is 2.00 bits per heavy atom. The number of likely N-dealkylation sites (N-methyl/N-ethyl adjacent to an activating group) is 1. The number of ether oxygens (including phenoxy) is 1. The number of methoxy groups -OCH3 is 1. The molecule has 0 radical (unpaired) electrons. The highest BCUT2D eigenvalue weighted by atomic mass is 35.5. The van der Waals surface area contributed by atoms with Gasteiger partial charge in [0.25, 0.3) is 5.91 Å². The third-order valence-electron chi connectivity index (χ3n) is 6.56. The van der Waals surface area contributed by atoms with Crippen molar-refractivity contribution in [1.29, 1.82) is 0 Å². The van der Waals surface area contributed by atoms with Gasteiger partial charge in [-0.3, -0.25) is 4.79 Å². The molecule has 1 atom stereocenters. The lowest BCUT2D eigenvalue weighted by atomic mass is 10.1. The number of nitrogens with zero attached hydrogens (tertiary/aromatic N) is 4. The molecule has 6 nitrogen and oxygen atoms in total. The second kappa shape index (κ2) is 9.90. The molecule has 34 heavy (non-hydrogen) atoms. The molecule has 0 bridgehead atoms. The van der Waals surface area contributed by atoms with E-state index in [2.05, 4.69) is 28.9 Å². The Morgan fingerprint density at radius 3 is 2.65 bits per heavy atom.